The van der Waals surface area contributed by atoms with Gasteiger partial charge in [0, 0.05) is 4.47 Å². The van der Waals surface area contributed by atoms with Crippen LogP contribution in [0.5, 0.6) is 0 Å². The third kappa shape index (κ3) is 3.45. The Labute approximate surface area is 112 Å². The lowest BCUT2D eigenvalue weighted by molar-refractivity contribution is -0.115. The van der Waals surface area contributed by atoms with Gasteiger partial charge in [-0.25, -0.2) is 4.39 Å². The van der Waals surface area contributed by atoms with Gasteiger partial charge in [-0.3, -0.25) is 4.79 Å². The number of halogens is 2. The Morgan fingerprint density at radius 3 is 2.94 bits per heavy atom. The van der Waals surface area contributed by atoms with Gasteiger partial charge in [0.15, 0.2) is 0 Å². The molecule has 0 radical (unpaired) electrons. The maximum absolute atomic E-state index is 13.5. The molecule has 1 atom stereocenters. The molecule has 0 spiro atoms. The molecule has 1 heterocycles. The van der Waals surface area contributed by atoms with E-state index in [0.717, 1.165) is 18.6 Å². The minimum absolute atomic E-state index is 0.0354. The molecule has 0 aromatic heterocycles. The molecule has 0 saturated carbocycles. The summed E-state index contributed by atoms with van der Waals surface area (Å²) < 4.78 is 14.2. The lowest BCUT2D eigenvalue weighted by Gasteiger charge is -2.20. The molecule has 17 heavy (non-hydrogen) atoms. The van der Waals surface area contributed by atoms with Gasteiger partial charge >= 0.3 is 0 Å². The van der Waals surface area contributed by atoms with Crippen molar-refractivity contribution < 1.29 is 9.18 Å². The van der Waals surface area contributed by atoms with E-state index in [9.17, 15) is 9.18 Å². The summed E-state index contributed by atoms with van der Waals surface area (Å²) in [6.45, 7) is 0. The molecule has 2 nitrogen and oxygen atoms in total. The van der Waals surface area contributed by atoms with Crippen molar-refractivity contribution in [1.82, 2.24) is 0 Å². The van der Waals surface area contributed by atoms with E-state index >= 15 is 0 Å². The zero-order valence-electron chi connectivity index (χ0n) is 9.21. The molecule has 1 N–H and O–H groups in total. The highest BCUT2D eigenvalue weighted by molar-refractivity contribution is 9.10. The lowest BCUT2D eigenvalue weighted by atomic mass is 10.2. The molecule has 0 aliphatic carbocycles. The maximum Gasteiger partial charge on any atom is 0.237 e. The van der Waals surface area contributed by atoms with Crippen molar-refractivity contribution in [1.29, 1.82) is 0 Å². The van der Waals surface area contributed by atoms with Gasteiger partial charge in [0.25, 0.3) is 0 Å². The Bertz CT molecular complexity index is 421. The topological polar surface area (TPSA) is 29.1 Å². The first-order valence-corrected chi connectivity index (χ1v) is 7.38. The number of amides is 1. The van der Waals surface area contributed by atoms with Crippen molar-refractivity contribution in [3.8, 4) is 0 Å². The average molecular weight is 318 g/mol. The second-order valence-electron chi connectivity index (χ2n) is 3.97. The minimum atomic E-state index is -0.409. The summed E-state index contributed by atoms with van der Waals surface area (Å²) in [5.41, 5.74) is 0.254. The van der Waals surface area contributed by atoms with Gasteiger partial charge < -0.3 is 5.32 Å². The van der Waals surface area contributed by atoms with Gasteiger partial charge in [-0.15, -0.1) is 11.8 Å². The number of thioether (sulfide) groups is 1. The summed E-state index contributed by atoms with van der Waals surface area (Å²) in [6.07, 6.45) is 3.13. The number of hydrogen-bond acceptors (Lipinski definition) is 2. The predicted octanol–water partition coefficient (Wildman–Crippen LogP) is 3.81. The highest BCUT2D eigenvalue weighted by atomic mass is 79.9. The monoisotopic (exact) mass is 317 g/mol. The Morgan fingerprint density at radius 2 is 2.29 bits per heavy atom. The third-order valence-corrected chi connectivity index (χ3v) is 4.53. The molecule has 1 saturated heterocycles. The molecule has 1 aliphatic heterocycles. The molecular weight excluding hydrogens is 305 g/mol. The Balaban J connectivity index is 2.02. The molecule has 1 aromatic carbocycles. The fourth-order valence-corrected chi connectivity index (χ4v) is 3.28. The number of rotatable bonds is 2. The predicted molar refractivity (Wildman–Crippen MR) is 72.8 cm³/mol. The third-order valence-electron chi connectivity index (χ3n) is 2.66. The molecule has 1 amide bonds. The van der Waals surface area contributed by atoms with Gasteiger partial charge in [-0.1, -0.05) is 22.4 Å². The molecule has 0 bridgehead atoms. The first-order valence-electron chi connectivity index (χ1n) is 5.54. The smallest absolute Gasteiger partial charge is 0.237 e. The normalized spacial score (nSPS) is 20.0. The number of carbonyl (C=O) groups is 1. The lowest BCUT2D eigenvalue weighted by Crippen LogP contribution is -2.27. The van der Waals surface area contributed by atoms with E-state index in [4.69, 9.17) is 0 Å². The van der Waals surface area contributed by atoms with Crippen LogP contribution in [0.1, 0.15) is 19.3 Å². The highest BCUT2D eigenvalue weighted by Gasteiger charge is 2.22. The first kappa shape index (κ1) is 12.9. The van der Waals surface area contributed by atoms with Crippen molar-refractivity contribution in [2.75, 3.05) is 11.1 Å². The van der Waals surface area contributed by atoms with E-state index in [-0.39, 0.29) is 16.8 Å². The Morgan fingerprint density at radius 1 is 1.47 bits per heavy atom. The first-order chi connectivity index (χ1) is 8.16. The summed E-state index contributed by atoms with van der Waals surface area (Å²) in [7, 11) is 0. The fourth-order valence-electron chi connectivity index (χ4n) is 1.75. The van der Waals surface area contributed by atoms with E-state index < -0.39 is 5.82 Å². The van der Waals surface area contributed by atoms with Crippen LogP contribution < -0.4 is 5.32 Å². The maximum atomic E-state index is 13.5. The fraction of sp³-hybridized carbons (Fsp3) is 0.417. The zero-order valence-corrected chi connectivity index (χ0v) is 11.6. The van der Waals surface area contributed by atoms with Crippen LogP contribution in [-0.4, -0.2) is 16.9 Å². The SMILES string of the molecule is O=C(Nc1ccc(Br)cc1F)C1CCCCS1. The standard InChI is InChI=1S/C12H13BrFNOS/c13-8-4-5-10(9(14)7-8)15-12(16)11-3-1-2-6-17-11/h4-5,7,11H,1-3,6H2,(H,15,16). The second-order valence-corrected chi connectivity index (χ2v) is 6.19. The molecule has 1 unspecified atom stereocenters. The zero-order chi connectivity index (χ0) is 12.3. The molecule has 2 rings (SSSR count). The van der Waals surface area contributed by atoms with Crippen LogP contribution >= 0.6 is 27.7 Å². The Kier molecular flexibility index (Phi) is 4.45. The summed E-state index contributed by atoms with van der Waals surface area (Å²) in [6, 6.07) is 4.64. The van der Waals surface area contributed by atoms with Crippen LogP contribution in [0.2, 0.25) is 0 Å². The van der Waals surface area contributed by atoms with Crippen LogP contribution in [0, 0.1) is 5.82 Å². The van der Waals surface area contributed by atoms with Gasteiger partial charge in [-0.2, -0.15) is 0 Å². The van der Waals surface area contributed by atoms with Crippen molar-refractivity contribution in [2.24, 2.45) is 0 Å². The van der Waals surface area contributed by atoms with Crippen LogP contribution in [-0.2, 0) is 4.79 Å². The molecule has 1 fully saturated rings. The second kappa shape index (κ2) is 5.87. The van der Waals surface area contributed by atoms with Crippen LogP contribution in [0.15, 0.2) is 22.7 Å². The molecule has 5 heteroatoms. The summed E-state index contributed by atoms with van der Waals surface area (Å²) in [5.74, 6) is 0.519. The van der Waals surface area contributed by atoms with E-state index in [1.165, 1.54) is 12.5 Å². The van der Waals surface area contributed by atoms with Gasteiger partial charge in [0.2, 0.25) is 5.91 Å². The average Bonchev–Trinajstić information content (AvgIpc) is 2.34. The van der Waals surface area contributed by atoms with Crippen molar-refractivity contribution in [3.05, 3.63) is 28.5 Å². The van der Waals surface area contributed by atoms with E-state index in [2.05, 4.69) is 21.2 Å². The van der Waals surface area contributed by atoms with E-state index in [1.54, 1.807) is 23.9 Å². The highest BCUT2D eigenvalue weighted by Crippen LogP contribution is 2.27. The number of carbonyl (C=O) groups excluding carboxylic acids is 1. The molecule has 92 valence electrons. The number of nitrogens with one attached hydrogen (secondary N) is 1. The van der Waals surface area contributed by atoms with Gasteiger partial charge in [0.05, 0.1) is 10.9 Å². The van der Waals surface area contributed by atoms with Crippen LogP contribution in [0.25, 0.3) is 0 Å². The van der Waals surface area contributed by atoms with Crippen LogP contribution in [0.3, 0.4) is 0 Å². The molecule has 1 aromatic rings. The summed E-state index contributed by atoms with van der Waals surface area (Å²) in [4.78, 5) is 11.9. The largest absolute Gasteiger partial charge is 0.323 e. The Hall–Kier alpha value is -0.550. The van der Waals surface area contributed by atoms with Crippen molar-refractivity contribution >= 4 is 39.3 Å². The summed E-state index contributed by atoms with van der Waals surface area (Å²) in [5, 5.41) is 2.62. The van der Waals surface area contributed by atoms with E-state index in [1.807, 2.05) is 0 Å². The molecule has 1 aliphatic rings. The number of benzene rings is 1. The van der Waals surface area contributed by atoms with Crippen molar-refractivity contribution in [2.45, 2.75) is 24.5 Å². The quantitative estimate of drug-likeness (QED) is 0.898. The van der Waals surface area contributed by atoms with Crippen LogP contribution in [0.4, 0.5) is 10.1 Å². The van der Waals surface area contributed by atoms with Crippen molar-refractivity contribution in [3.63, 3.8) is 0 Å². The summed E-state index contributed by atoms with van der Waals surface area (Å²) >= 11 is 4.84. The number of hydrogen-bond donors (Lipinski definition) is 1. The van der Waals surface area contributed by atoms with E-state index in [0.29, 0.717) is 4.47 Å². The van der Waals surface area contributed by atoms with Gasteiger partial charge in [-0.05, 0) is 36.8 Å². The molecular formula is C12H13BrFNOS. The number of anilines is 1. The minimum Gasteiger partial charge on any atom is -0.323 e. The van der Waals surface area contributed by atoms with Gasteiger partial charge in [0.1, 0.15) is 5.82 Å².